The smallest absolute Gasteiger partial charge is 0.256 e. The molecule has 0 saturated heterocycles. The molecular formula is C14H12Cl2N2OS. The van der Waals surface area contributed by atoms with E-state index in [0.29, 0.717) is 28.2 Å². The zero-order valence-electron chi connectivity index (χ0n) is 10.6. The summed E-state index contributed by atoms with van der Waals surface area (Å²) in [5.74, 6) is -0.0515. The first-order chi connectivity index (χ1) is 9.65. The zero-order chi connectivity index (χ0) is 14.1. The molecule has 104 valence electrons. The van der Waals surface area contributed by atoms with Crippen molar-refractivity contribution in [3.8, 4) is 0 Å². The van der Waals surface area contributed by atoms with Crippen molar-refractivity contribution in [2.75, 3.05) is 0 Å². The fourth-order valence-electron chi connectivity index (χ4n) is 2.05. The minimum atomic E-state index is -0.0515. The van der Waals surface area contributed by atoms with E-state index in [2.05, 4.69) is 4.98 Å². The zero-order valence-corrected chi connectivity index (χ0v) is 12.9. The van der Waals surface area contributed by atoms with Crippen molar-refractivity contribution in [3.63, 3.8) is 0 Å². The second-order valence-corrected chi connectivity index (χ2v) is 6.54. The Bertz CT molecular complexity index is 626. The van der Waals surface area contributed by atoms with Crippen molar-refractivity contribution in [2.45, 2.75) is 25.4 Å². The van der Waals surface area contributed by atoms with Gasteiger partial charge in [-0.25, -0.2) is 4.98 Å². The van der Waals surface area contributed by atoms with Crippen LogP contribution in [0.2, 0.25) is 10.0 Å². The molecule has 3 rings (SSSR count). The number of hydrogen-bond acceptors (Lipinski definition) is 3. The summed E-state index contributed by atoms with van der Waals surface area (Å²) in [5, 5.41) is 3.78. The predicted octanol–water partition coefficient (Wildman–Crippen LogP) is 4.25. The first-order valence-electron chi connectivity index (χ1n) is 6.29. The van der Waals surface area contributed by atoms with Gasteiger partial charge in [0.1, 0.15) is 5.01 Å². The minimum absolute atomic E-state index is 0.0515. The predicted molar refractivity (Wildman–Crippen MR) is 81.5 cm³/mol. The second-order valence-electron chi connectivity index (χ2n) is 4.71. The van der Waals surface area contributed by atoms with Gasteiger partial charge in [0, 0.05) is 22.6 Å². The van der Waals surface area contributed by atoms with Gasteiger partial charge < -0.3 is 4.90 Å². The maximum absolute atomic E-state index is 12.7. The van der Waals surface area contributed by atoms with Crippen LogP contribution in [0, 0.1) is 0 Å². The number of carbonyl (C=O) groups excluding carboxylic acids is 1. The van der Waals surface area contributed by atoms with Crippen molar-refractivity contribution in [1.29, 1.82) is 0 Å². The number of halogens is 2. The van der Waals surface area contributed by atoms with Crippen LogP contribution in [-0.4, -0.2) is 21.8 Å². The molecule has 0 N–H and O–H groups in total. The van der Waals surface area contributed by atoms with E-state index in [1.807, 2.05) is 10.3 Å². The fourth-order valence-corrected chi connectivity index (χ4v) is 3.15. The number of aromatic nitrogens is 1. The molecular weight excluding hydrogens is 315 g/mol. The van der Waals surface area contributed by atoms with Gasteiger partial charge >= 0.3 is 0 Å². The largest absolute Gasteiger partial charge is 0.329 e. The van der Waals surface area contributed by atoms with E-state index < -0.39 is 0 Å². The third-order valence-electron chi connectivity index (χ3n) is 3.20. The van der Waals surface area contributed by atoms with Gasteiger partial charge in [0.05, 0.1) is 17.1 Å². The molecule has 0 spiro atoms. The van der Waals surface area contributed by atoms with E-state index in [4.69, 9.17) is 23.2 Å². The lowest BCUT2D eigenvalue weighted by Crippen LogP contribution is -2.32. The highest BCUT2D eigenvalue weighted by Crippen LogP contribution is 2.32. The van der Waals surface area contributed by atoms with Crippen LogP contribution in [0.25, 0.3) is 0 Å². The van der Waals surface area contributed by atoms with E-state index in [-0.39, 0.29) is 5.91 Å². The van der Waals surface area contributed by atoms with E-state index >= 15 is 0 Å². The molecule has 0 aliphatic heterocycles. The normalized spacial score (nSPS) is 14.3. The Labute approximate surface area is 131 Å². The topological polar surface area (TPSA) is 33.2 Å². The molecule has 1 aromatic carbocycles. The van der Waals surface area contributed by atoms with Crippen molar-refractivity contribution in [2.24, 2.45) is 0 Å². The highest BCUT2D eigenvalue weighted by molar-refractivity contribution is 7.09. The lowest BCUT2D eigenvalue weighted by atomic mass is 10.2. The Morgan fingerprint density at radius 1 is 1.40 bits per heavy atom. The molecule has 0 atom stereocenters. The highest BCUT2D eigenvalue weighted by Gasteiger charge is 2.34. The van der Waals surface area contributed by atoms with E-state index in [0.717, 1.165) is 17.8 Å². The van der Waals surface area contributed by atoms with Crippen molar-refractivity contribution < 1.29 is 4.79 Å². The maximum Gasteiger partial charge on any atom is 0.256 e. The van der Waals surface area contributed by atoms with Gasteiger partial charge in [0.2, 0.25) is 0 Å². The lowest BCUT2D eigenvalue weighted by Gasteiger charge is -2.22. The van der Waals surface area contributed by atoms with Gasteiger partial charge in [0.15, 0.2) is 0 Å². The van der Waals surface area contributed by atoms with Crippen LogP contribution in [-0.2, 0) is 6.54 Å². The number of hydrogen-bond donors (Lipinski definition) is 0. The third-order valence-corrected chi connectivity index (χ3v) is 4.51. The lowest BCUT2D eigenvalue weighted by molar-refractivity contribution is 0.0730. The van der Waals surface area contributed by atoms with Gasteiger partial charge in [0.25, 0.3) is 5.91 Å². The Kier molecular flexibility index (Phi) is 3.96. The SMILES string of the molecule is O=C(c1ccc(Cl)cc1Cl)N(Cc1nccs1)C1CC1. The molecule has 1 fully saturated rings. The van der Waals surface area contributed by atoms with Crippen LogP contribution in [0.15, 0.2) is 29.8 Å². The molecule has 1 aromatic heterocycles. The second kappa shape index (κ2) is 5.72. The van der Waals surface area contributed by atoms with Crippen LogP contribution < -0.4 is 0 Å². The monoisotopic (exact) mass is 326 g/mol. The first-order valence-corrected chi connectivity index (χ1v) is 7.93. The molecule has 0 radical (unpaired) electrons. The van der Waals surface area contributed by atoms with Crippen LogP contribution in [0.3, 0.4) is 0 Å². The van der Waals surface area contributed by atoms with Crippen molar-refractivity contribution in [1.82, 2.24) is 9.88 Å². The quantitative estimate of drug-likeness (QED) is 0.841. The summed E-state index contributed by atoms with van der Waals surface area (Å²) in [4.78, 5) is 18.8. The van der Waals surface area contributed by atoms with E-state index in [1.54, 1.807) is 35.7 Å². The van der Waals surface area contributed by atoms with Gasteiger partial charge in [-0.05, 0) is 31.0 Å². The van der Waals surface area contributed by atoms with Gasteiger partial charge in [-0.2, -0.15) is 0 Å². The fraction of sp³-hybridized carbons (Fsp3) is 0.286. The molecule has 1 saturated carbocycles. The molecule has 20 heavy (non-hydrogen) atoms. The Hall–Kier alpha value is -1.10. The summed E-state index contributed by atoms with van der Waals surface area (Å²) in [7, 11) is 0. The Balaban J connectivity index is 1.85. The van der Waals surface area contributed by atoms with Crippen LogP contribution in [0.1, 0.15) is 28.2 Å². The molecule has 1 heterocycles. The van der Waals surface area contributed by atoms with E-state index in [9.17, 15) is 4.79 Å². The van der Waals surface area contributed by atoms with Gasteiger partial charge in [-0.3, -0.25) is 4.79 Å². The summed E-state index contributed by atoms with van der Waals surface area (Å²) < 4.78 is 0. The molecule has 1 amide bonds. The highest BCUT2D eigenvalue weighted by atomic mass is 35.5. The summed E-state index contributed by atoms with van der Waals surface area (Å²) in [5.41, 5.74) is 0.500. The Morgan fingerprint density at radius 2 is 2.20 bits per heavy atom. The molecule has 6 heteroatoms. The van der Waals surface area contributed by atoms with Crippen LogP contribution >= 0.6 is 34.5 Å². The van der Waals surface area contributed by atoms with Gasteiger partial charge in [-0.1, -0.05) is 23.2 Å². The summed E-state index contributed by atoms with van der Waals surface area (Å²) in [6.45, 7) is 0.542. The molecule has 0 unspecified atom stereocenters. The molecule has 3 nitrogen and oxygen atoms in total. The first kappa shape index (κ1) is 13.9. The third kappa shape index (κ3) is 2.97. The number of benzene rings is 1. The molecule has 2 aromatic rings. The molecule has 1 aliphatic rings. The summed E-state index contributed by atoms with van der Waals surface area (Å²) >= 11 is 13.6. The molecule has 0 bridgehead atoms. The number of carbonyl (C=O) groups is 1. The number of rotatable bonds is 4. The standard InChI is InChI=1S/C14H12Cl2N2OS/c15-9-1-4-11(12(16)7-9)14(19)18(10-2-3-10)8-13-17-5-6-20-13/h1,4-7,10H,2-3,8H2. The van der Waals surface area contributed by atoms with Crippen molar-refractivity contribution >= 4 is 40.4 Å². The van der Waals surface area contributed by atoms with Crippen molar-refractivity contribution in [3.05, 3.63) is 50.4 Å². The minimum Gasteiger partial charge on any atom is -0.329 e. The van der Waals surface area contributed by atoms with Crippen LogP contribution in [0.5, 0.6) is 0 Å². The number of thiazole rings is 1. The van der Waals surface area contributed by atoms with Crippen LogP contribution in [0.4, 0.5) is 0 Å². The van der Waals surface area contributed by atoms with Gasteiger partial charge in [-0.15, -0.1) is 11.3 Å². The Morgan fingerprint density at radius 3 is 2.80 bits per heavy atom. The number of amides is 1. The maximum atomic E-state index is 12.7. The average molecular weight is 327 g/mol. The molecule has 1 aliphatic carbocycles. The average Bonchev–Trinajstić information content (AvgIpc) is 3.12. The number of nitrogens with zero attached hydrogens (tertiary/aromatic N) is 2. The summed E-state index contributed by atoms with van der Waals surface area (Å²) in [6.07, 6.45) is 3.84. The van der Waals surface area contributed by atoms with E-state index in [1.165, 1.54) is 0 Å². The summed E-state index contributed by atoms with van der Waals surface area (Å²) in [6, 6.07) is 5.28.